The molecule has 0 atom stereocenters. The van der Waals surface area contributed by atoms with Crippen molar-refractivity contribution < 1.29 is 0 Å². The summed E-state index contributed by atoms with van der Waals surface area (Å²) in [5, 5.41) is 2.51. The number of benzene rings is 6. The Morgan fingerprint density at radius 2 is 1.00 bits per heavy atom. The Morgan fingerprint density at radius 3 is 1.75 bits per heavy atom. The molecule has 0 spiro atoms. The van der Waals surface area contributed by atoms with Crippen LogP contribution in [0.25, 0.3) is 44.2 Å². The monoisotopic (exact) mass is 461 g/mol. The van der Waals surface area contributed by atoms with Crippen LogP contribution in [0.5, 0.6) is 0 Å². The third kappa shape index (κ3) is 4.16. The summed E-state index contributed by atoms with van der Waals surface area (Å²) in [6, 6.07) is 52.0. The summed E-state index contributed by atoms with van der Waals surface area (Å²) in [4.78, 5) is 2.29. The second-order valence-corrected chi connectivity index (χ2v) is 9.10. The highest BCUT2D eigenvalue weighted by Crippen LogP contribution is 2.39. The molecule has 0 saturated heterocycles. The molecule has 172 valence electrons. The zero-order chi connectivity index (χ0) is 24.3. The van der Waals surface area contributed by atoms with Crippen molar-refractivity contribution in [2.45, 2.75) is 0 Å². The van der Waals surface area contributed by atoms with Gasteiger partial charge in [0.1, 0.15) is 0 Å². The van der Waals surface area contributed by atoms with Crippen molar-refractivity contribution in [3.63, 3.8) is 0 Å². The molecule has 6 rings (SSSR count). The summed E-state index contributed by atoms with van der Waals surface area (Å²) in [5.74, 6) is 0. The van der Waals surface area contributed by atoms with Gasteiger partial charge >= 0.3 is 0 Å². The van der Waals surface area contributed by atoms with Crippen LogP contribution in [0.2, 0.25) is 0 Å². The fourth-order valence-corrected chi connectivity index (χ4v) is 4.97. The zero-order valence-corrected chi connectivity index (χ0v) is 20.3. The number of rotatable bonds is 5. The number of nitrogens with zero attached hydrogens (tertiary/aromatic N) is 1. The first-order chi connectivity index (χ1) is 17.8. The van der Waals surface area contributed by atoms with E-state index in [-0.39, 0.29) is 0 Å². The molecular weight excluding hydrogens is 434 g/mol. The molecular formula is C35H27N. The maximum absolute atomic E-state index is 2.33. The van der Waals surface area contributed by atoms with Crippen LogP contribution >= 0.6 is 0 Å². The lowest BCUT2D eigenvalue weighted by Crippen LogP contribution is -2.11. The predicted octanol–water partition coefficient (Wildman–Crippen LogP) is 9.61. The van der Waals surface area contributed by atoms with Gasteiger partial charge in [-0.3, -0.25) is 0 Å². The molecule has 0 aliphatic carbocycles. The molecule has 0 aliphatic rings. The maximum Gasteiger partial charge on any atom is 0.0487 e. The van der Waals surface area contributed by atoms with Gasteiger partial charge in [0.05, 0.1) is 0 Å². The number of fused-ring (bicyclic) bond motifs is 1. The van der Waals surface area contributed by atoms with Crippen molar-refractivity contribution in [2.24, 2.45) is 0 Å². The molecule has 0 heterocycles. The van der Waals surface area contributed by atoms with Gasteiger partial charge in [-0.2, -0.15) is 0 Å². The van der Waals surface area contributed by atoms with Gasteiger partial charge in [-0.25, -0.2) is 0 Å². The molecule has 0 aromatic heterocycles. The molecule has 0 radical (unpaired) electrons. The van der Waals surface area contributed by atoms with Crippen LogP contribution in [0.15, 0.2) is 146 Å². The lowest BCUT2D eigenvalue weighted by Gasteiger charge is -2.24. The van der Waals surface area contributed by atoms with E-state index in [1.807, 2.05) is 0 Å². The molecule has 6 aromatic rings. The fourth-order valence-electron chi connectivity index (χ4n) is 4.97. The first kappa shape index (κ1) is 21.9. The standard InChI is InChI=1S/C35H27N/c1-36(35-19-11-10-18-33(35)28-15-6-3-7-16-28)31-22-23-32(27-13-4-2-5-14-27)34(25-31)30-21-20-26-12-8-9-17-29(26)24-30/h2-25H,1H3. The molecule has 0 N–H and O–H groups in total. The lowest BCUT2D eigenvalue weighted by molar-refractivity contribution is 1.21. The van der Waals surface area contributed by atoms with Crippen LogP contribution in [0.1, 0.15) is 0 Å². The Balaban J connectivity index is 1.50. The third-order valence-corrected chi connectivity index (χ3v) is 6.89. The lowest BCUT2D eigenvalue weighted by atomic mass is 9.92. The van der Waals surface area contributed by atoms with E-state index in [1.54, 1.807) is 0 Å². The zero-order valence-electron chi connectivity index (χ0n) is 20.3. The summed E-state index contributed by atoms with van der Waals surface area (Å²) in [5.41, 5.74) is 9.68. The van der Waals surface area contributed by atoms with Crippen LogP contribution < -0.4 is 4.90 Å². The van der Waals surface area contributed by atoms with Crippen LogP contribution in [0, 0.1) is 0 Å². The minimum absolute atomic E-state index is 1.15. The molecule has 0 bridgehead atoms. The van der Waals surface area contributed by atoms with E-state index < -0.39 is 0 Å². The van der Waals surface area contributed by atoms with Crippen molar-refractivity contribution in [3.8, 4) is 33.4 Å². The molecule has 0 saturated carbocycles. The number of hydrogen-bond donors (Lipinski definition) is 0. The van der Waals surface area contributed by atoms with E-state index in [0.717, 1.165) is 5.69 Å². The summed E-state index contributed by atoms with van der Waals surface area (Å²) >= 11 is 0. The Hall–Kier alpha value is -4.62. The van der Waals surface area contributed by atoms with E-state index in [9.17, 15) is 0 Å². The minimum atomic E-state index is 1.15. The molecule has 0 unspecified atom stereocenters. The van der Waals surface area contributed by atoms with E-state index in [4.69, 9.17) is 0 Å². The Morgan fingerprint density at radius 1 is 0.389 bits per heavy atom. The number of hydrogen-bond acceptors (Lipinski definition) is 1. The Bertz CT molecular complexity index is 1630. The van der Waals surface area contributed by atoms with Gasteiger partial charge in [0.15, 0.2) is 0 Å². The summed E-state index contributed by atoms with van der Waals surface area (Å²) < 4.78 is 0. The molecule has 6 aromatic carbocycles. The normalized spacial score (nSPS) is 10.9. The average molecular weight is 462 g/mol. The maximum atomic E-state index is 2.33. The first-order valence-corrected chi connectivity index (χ1v) is 12.3. The number of anilines is 2. The highest BCUT2D eigenvalue weighted by Gasteiger charge is 2.15. The average Bonchev–Trinajstić information content (AvgIpc) is 2.97. The van der Waals surface area contributed by atoms with Crippen LogP contribution in [0.4, 0.5) is 11.4 Å². The van der Waals surface area contributed by atoms with Crippen molar-refractivity contribution in [1.29, 1.82) is 0 Å². The second-order valence-electron chi connectivity index (χ2n) is 9.10. The summed E-state index contributed by atoms with van der Waals surface area (Å²) in [6.45, 7) is 0. The van der Waals surface area contributed by atoms with Crippen LogP contribution in [-0.4, -0.2) is 7.05 Å². The Labute approximate surface area is 212 Å². The summed E-state index contributed by atoms with van der Waals surface area (Å²) in [7, 11) is 2.16. The Kier molecular flexibility index (Phi) is 5.81. The van der Waals surface area contributed by atoms with Crippen LogP contribution in [0.3, 0.4) is 0 Å². The second kappa shape index (κ2) is 9.56. The number of para-hydroxylation sites is 1. The fraction of sp³-hybridized carbons (Fsp3) is 0.0286. The minimum Gasteiger partial charge on any atom is -0.344 e. The molecule has 1 heteroatoms. The van der Waals surface area contributed by atoms with Gasteiger partial charge in [-0.1, -0.05) is 121 Å². The van der Waals surface area contributed by atoms with E-state index in [0.29, 0.717) is 0 Å². The van der Waals surface area contributed by atoms with Crippen LogP contribution in [-0.2, 0) is 0 Å². The molecule has 1 nitrogen and oxygen atoms in total. The predicted molar refractivity (Wildman–Crippen MR) is 155 cm³/mol. The van der Waals surface area contributed by atoms with Crippen molar-refractivity contribution in [2.75, 3.05) is 11.9 Å². The highest BCUT2D eigenvalue weighted by atomic mass is 15.1. The van der Waals surface area contributed by atoms with Gasteiger partial charge in [-0.05, 0) is 62.9 Å². The van der Waals surface area contributed by atoms with E-state index in [2.05, 4.69) is 158 Å². The molecule has 36 heavy (non-hydrogen) atoms. The highest BCUT2D eigenvalue weighted by molar-refractivity contribution is 5.93. The SMILES string of the molecule is CN(c1ccc(-c2ccccc2)c(-c2ccc3ccccc3c2)c1)c1ccccc1-c1ccccc1. The van der Waals surface area contributed by atoms with Gasteiger partial charge in [-0.15, -0.1) is 0 Å². The van der Waals surface area contributed by atoms with Gasteiger partial charge in [0, 0.05) is 24.0 Å². The topological polar surface area (TPSA) is 3.24 Å². The van der Waals surface area contributed by atoms with E-state index >= 15 is 0 Å². The largest absolute Gasteiger partial charge is 0.344 e. The third-order valence-electron chi connectivity index (χ3n) is 6.89. The first-order valence-electron chi connectivity index (χ1n) is 12.3. The smallest absolute Gasteiger partial charge is 0.0487 e. The van der Waals surface area contributed by atoms with Crippen molar-refractivity contribution in [1.82, 2.24) is 0 Å². The molecule has 0 aliphatic heterocycles. The van der Waals surface area contributed by atoms with Crippen molar-refractivity contribution >= 4 is 22.1 Å². The van der Waals surface area contributed by atoms with Crippen molar-refractivity contribution in [3.05, 3.63) is 146 Å². The van der Waals surface area contributed by atoms with Gasteiger partial charge in [0.2, 0.25) is 0 Å². The van der Waals surface area contributed by atoms with Gasteiger partial charge in [0.25, 0.3) is 0 Å². The van der Waals surface area contributed by atoms with Gasteiger partial charge < -0.3 is 4.90 Å². The molecule has 0 amide bonds. The molecule has 0 fully saturated rings. The van der Waals surface area contributed by atoms with E-state index in [1.165, 1.54) is 49.8 Å². The quantitative estimate of drug-likeness (QED) is 0.247. The summed E-state index contributed by atoms with van der Waals surface area (Å²) in [6.07, 6.45) is 0.